The van der Waals surface area contributed by atoms with E-state index in [9.17, 15) is 14.9 Å². The topological polar surface area (TPSA) is 85.2 Å². The highest BCUT2D eigenvalue weighted by molar-refractivity contribution is 6.06. The third kappa shape index (κ3) is 6.33. The van der Waals surface area contributed by atoms with Crippen LogP contribution in [0.5, 0.6) is 0 Å². The molecule has 0 aliphatic carbocycles. The van der Waals surface area contributed by atoms with Crippen LogP contribution in [0.1, 0.15) is 19.4 Å². The lowest BCUT2D eigenvalue weighted by atomic mass is 10.2. The molecule has 0 saturated heterocycles. The molecule has 6 nitrogen and oxygen atoms in total. The van der Waals surface area contributed by atoms with Gasteiger partial charge in [-0.1, -0.05) is 30.3 Å². The van der Waals surface area contributed by atoms with Gasteiger partial charge in [0.1, 0.15) is 11.6 Å². The summed E-state index contributed by atoms with van der Waals surface area (Å²) in [4.78, 5) is 25.4. The lowest BCUT2D eigenvalue weighted by Gasteiger charge is -2.19. The number of nitrogens with zero attached hydrogens (tertiary/aromatic N) is 2. The molecular formula is C21H22N4O2. The molecule has 0 aromatic heterocycles. The van der Waals surface area contributed by atoms with Gasteiger partial charge in [-0.3, -0.25) is 9.59 Å². The summed E-state index contributed by atoms with van der Waals surface area (Å²) in [5.74, 6) is -0.643. The Morgan fingerprint density at radius 1 is 1.04 bits per heavy atom. The Balaban J connectivity index is 2.06. The van der Waals surface area contributed by atoms with E-state index in [2.05, 4.69) is 10.6 Å². The molecule has 0 radical (unpaired) electrons. The van der Waals surface area contributed by atoms with Crippen molar-refractivity contribution < 1.29 is 9.59 Å². The van der Waals surface area contributed by atoms with Crippen molar-refractivity contribution in [2.45, 2.75) is 20.4 Å². The smallest absolute Gasteiger partial charge is 0.267 e. The number of nitriles is 1. The molecule has 2 aromatic rings. The van der Waals surface area contributed by atoms with Gasteiger partial charge in [-0.05, 0) is 36.8 Å². The molecule has 0 spiro atoms. The summed E-state index contributed by atoms with van der Waals surface area (Å²) in [5, 5.41) is 14.7. The highest BCUT2D eigenvalue weighted by Gasteiger charge is 2.11. The number of anilines is 2. The Kier molecular flexibility index (Phi) is 7.15. The van der Waals surface area contributed by atoms with Gasteiger partial charge in [0.05, 0.1) is 0 Å². The molecule has 0 atom stereocenters. The second-order valence-electron chi connectivity index (χ2n) is 5.92. The van der Waals surface area contributed by atoms with Crippen molar-refractivity contribution in [2.75, 3.05) is 17.2 Å². The van der Waals surface area contributed by atoms with Crippen LogP contribution in [-0.2, 0) is 16.1 Å². The standard InChI is InChI=1S/C21H22N4O2/c1-3-25(14-17-7-5-4-6-8-17)15-18(13-22)21(27)24-20-11-9-19(10-12-20)23-16(2)26/h4-12,15H,3,14H2,1-2H3,(H,23,26)(H,24,27)/b18-15-. The van der Waals surface area contributed by atoms with Gasteiger partial charge in [-0.25, -0.2) is 0 Å². The number of rotatable bonds is 7. The van der Waals surface area contributed by atoms with Crippen molar-refractivity contribution in [3.8, 4) is 6.07 Å². The van der Waals surface area contributed by atoms with Crippen LogP contribution in [0, 0.1) is 11.3 Å². The molecule has 0 fully saturated rings. The lowest BCUT2D eigenvalue weighted by molar-refractivity contribution is -0.114. The van der Waals surface area contributed by atoms with Crippen LogP contribution < -0.4 is 10.6 Å². The minimum atomic E-state index is -0.476. The average molecular weight is 362 g/mol. The largest absolute Gasteiger partial charge is 0.372 e. The van der Waals surface area contributed by atoms with Gasteiger partial charge in [0, 0.05) is 37.6 Å². The second kappa shape index (κ2) is 9.78. The summed E-state index contributed by atoms with van der Waals surface area (Å²) >= 11 is 0. The predicted molar refractivity (Wildman–Crippen MR) is 106 cm³/mol. The molecule has 2 rings (SSSR count). The molecule has 2 amide bonds. The zero-order valence-corrected chi connectivity index (χ0v) is 15.4. The second-order valence-corrected chi connectivity index (χ2v) is 5.92. The van der Waals surface area contributed by atoms with Gasteiger partial charge in [-0.2, -0.15) is 5.26 Å². The Bertz CT molecular complexity index is 852. The molecule has 0 saturated carbocycles. The highest BCUT2D eigenvalue weighted by Crippen LogP contribution is 2.15. The fraction of sp³-hybridized carbons (Fsp3) is 0.190. The van der Waals surface area contributed by atoms with Crippen molar-refractivity contribution in [3.63, 3.8) is 0 Å². The number of carbonyl (C=O) groups excluding carboxylic acids is 2. The summed E-state index contributed by atoms with van der Waals surface area (Å²) < 4.78 is 0. The monoisotopic (exact) mass is 362 g/mol. The molecule has 0 aliphatic heterocycles. The van der Waals surface area contributed by atoms with Crippen LogP contribution in [0.2, 0.25) is 0 Å². The van der Waals surface area contributed by atoms with E-state index in [1.165, 1.54) is 6.92 Å². The van der Waals surface area contributed by atoms with Gasteiger partial charge in [-0.15, -0.1) is 0 Å². The fourth-order valence-corrected chi connectivity index (χ4v) is 2.43. The first kappa shape index (κ1) is 19.7. The molecule has 138 valence electrons. The molecule has 0 bridgehead atoms. The van der Waals surface area contributed by atoms with E-state index in [1.54, 1.807) is 30.5 Å². The minimum Gasteiger partial charge on any atom is -0.372 e. The maximum Gasteiger partial charge on any atom is 0.267 e. The summed E-state index contributed by atoms with van der Waals surface area (Å²) in [6.07, 6.45) is 1.58. The maximum absolute atomic E-state index is 12.4. The van der Waals surface area contributed by atoms with Crippen LogP contribution in [-0.4, -0.2) is 23.3 Å². The Morgan fingerprint density at radius 2 is 1.63 bits per heavy atom. The molecule has 0 heterocycles. The van der Waals surface area contributed by atoms with E-state index in [1.807, 2.05) is 48.2 Å². The van der Waals surface area contributed by atoms with Crippen LogP contribution >= 0.6 is 0 Å². The number of carbonyl (C=O) groups is 2. The lowest BCUT2D eigenvalue weighted by Crippen LogP contribution is -2.21. The molecule has 2 aromatic carbocycles. The van der Waals surface area contributed by atoms with E-state index in [0.717, 1.165) is 5.56 Å². The zero-order chi connectivity index (χ0) is 19.6. The van der Waals surface area contributed by atoms with Crippen molar-refractivity contribution in [1.82, 2.24) is 4.90 Å². The Hall–Kier alpha value is -3.59. The predicted octanol–water partition coefficient (Wildman–Crippen LogP) is 3.51. The Morgan fingerprint density at radius 3 is 2.15 bits per heavy atom. The third-order valence-electron chi connectivity index (χ3n) is 3.77. The van der Waals surface area contributed by atoms with Gasteiger partial charge >= 0.3 is 0 Å². The molecule has 27 heavy (non-hydrogen) atoms. The normalized spacial score (nSPS) is 10.6. The van der Waals surface area contributed by atoms with Crippen LogP contribution in [0.15, 0.2) is 66.4 Å². The van der Waals surface area contributed by atoms with E-state index in [-0.39, 0.29) is 11.5 Å². The number of hydrogen-bond donors (Lipinski definition) is 2. The van der Waals surface area contributed by atoms with E-state index in [4.69, 9.17) is 0 Å². The van der Waals surface area contributed by atoms with Gasteiger partial charge < -0.3 is 15.5 Å². The van der Waals surface area contributed by atoms with Crippen molar-refractivity contribution >= 4 is 23.2 Å². The van der Waals surface area contributed by atoms with E-state index < -0.39 is 5.91 Å². The van der Waals surface area contributed by atoms with E-state index >= 15 is 0 Å². The van der Waals surface area contributed by atoms with Gasteiger partial charge in [0.25, 0.3) is 5.91 Å². The maximum atomic E-state index is 12.4. The number of nitrogens with one attached hydrogen (secondary N) is 2. The van der Waals surface area contributed by atoms with E-state index in [0.29, 0.717) is 24.5 Å². The quantitative estimate of drug-likeness (QED) is 0.583. The number of amides is 2. The Labute approximate surface area is 159 Å². The first-order valence-corrected chi connectivity index (χ1v) is 8.60. The average Bonchev–Trinajstić information content (AvgIpc) is 2.67. The summed E-state index contributed by atoms with van der Waals surface area (Å²) in [6, 6.07) is 18.5. The fourth-order valence-electron chi connectivity index (χ4n) is 2.43. The highest BCUT2D eigenvalue weighted by atomic mass is 16.2. The number of benzene rings is 2. The molecule has 6 heteroatoms. The summed E-state index contributed by atoms with van der Waals surface area (Å²) in [5.41, 5.74) is 2.30. The molecular weight excluding hydrogens is 340 g/mol. The molecule has 2 N–H and O–H groups in total. The van der Waals surface area contributed by atoms with Crippen LogP contribution in [0.3, 0.4) is 0 Å². The van der Waals surface area contributed by atoms with Gasteiger partial charge in [0.2, 0.25) is 5.91 Å². The third-order valence-corrected chi connectivity index (χ3v) is 3.77. The van der Waals surface area contributed by atoms with Crippen LogP contribution in [0.4, 0.5) is 11.4 Å². The van der Waals surface area contributed by atoms with Crippen molar-refractivity contribution in [1.29, 1.82) is 5.26 Å². The van der Waals surface area contributed by atoms with Crippen LogP contribution in [0.25, 0.3) is 0 Å². The SMILES string of the molecule is CCN(/C=C(/C#N)C(=O)Nc1ccc(NC(C)=O)cc1)Cc1ccccc1. The first-order valence-electron chi connectivity index (χ1n) is 8.60. The summed E-state index contributed by atoms with van der Waals surface area (Å²) in [7, 11) is 0. The van der Waals surface area contributed by atoms with Gasteiger partial charge in [0.15, 0.2) is 0 Å². The van der Waals surface area contributed by atoms with Crippen molar-refractivity contribution in [3.05, 3.63) is 71.9 Å². The number of hydrogen-bond acceptors (Lipinski definition) is 4. The van der Waals surface area contributed by atoms with Crippen molar-refractivity contribution in [2.24, 2.45) is 0 Å². The molecule has 0 aliphatic rings. The molecule has 0 unspecified atom stereocenters. The first-order chi connectivity index (χ1) is 13.0. The summed E-state index contributed by atoms with van der Waals surface area (Å²) in [6.45, 7) is 4.67. The minimum absolute atomic E-state index is 0.0266. The zero-order valence-electron chi connectivity index (χ0n) is 15.4.